The first-order valence-corrected chi connectivity index (χ1v) is 6.69. The van der Waals surface area contributed by atoms with Crippen molar-refractivity contribution in [1.82, 2.24) is 5.32 Å². The quantitative estimate of drug-likeness (QED) is 0.868. The molecule has 19 heavy (non-hydrogen) atoms. The van der Waals surface area contributed by atoms with Crippen molar-refractivity contribution in [2.45, 2.75) is 26.8 Å². The lowest BCUT2D eigenvalue weighted by Crippen LogP contribution is -2.24. The molecule has 0 spiro atoms. The summed E-state index contributed by atoms with van der Waals surface area (Å²) in [4.78, 5) is 0. The molecule has 0 saturated heterocycles. The first-order chi connectivity index (χ1) is 9.15. The van der Waals surface area contributed by atoms with E-state index in [1.165, 1.54) is 22.8 Å². The highest BCUT2D eigenvalue weighted by Gasteiger charge is 2.19. The highest BCUT2D eigenvalue weighted by atomic mass is 19.1. The van der Waals surface area contributed by atoms with E-state index in [9.17, 15) is 4.39 Å². The average molecular weight is 257 g/mol. The van der Waals surface area contributed by atoms with Crippen LogP contribution in [-0.2, 0) is 0 Å². The fourth-order valence-corrected chi connectivity index (χ4v) is 2.56. The van der Waals surface area contributed by atoms with Crippen LogP contribution in [0.5, 0.6) is 0 Å². The highest BCUT2D eigenvalue weighted by Crippen LogP contribution is 2.29. The zero-order chi connectivity index (χ0) is 13.8. The Labute approximate surface area is 114 Å². The van der Waals surface area contributed by atoms with Gasteiger partial charge >= 0.3 is 0 Å². The molecule has 1 N–H and O–H groups in total. The third-order valence-corrected chi connectivity index (χ3v) is 3.46. The zero-order valence-electron chi connectivity index (χ0n) is 11.7. The molecule has 0 amide bonds. The zero-order valence-corrected chi connectivity index (χ0v) is 11.7. The Bertz CT molecular complexity index is 543. The van der Waals surface area contributed by atoms with E-state index >= 15 is 0 Å². The van der Waals surface area contributed by atoms with Crippen LogP contribution < -0.4 is 5.32 Å². The molecule has 1 nitrogen and oxygen atoms in total. The van der Waals surface area contributed by atoms with Crippen LogP contribution in [0.3, 0.4) is 0 Å². The summed E-state index contributed by atoms with van der Waals surface area (Å²) in [5, 5.41) is 3.40. The lowest BCUT2D eigenvalue weighted by atomic mass is 9.91. The van der Waals surface area contributed by atoms with Crippen LogP contribution in [0.15, 0.2) is 42.5 Å². The molecule has 2 heteroatoms. The maximum absolute atomic E-state index is 14.1. The molecule has 1 atom stereocenters. The Morgan fingerprint density at radius 3 is 2.21 bits per heavy atom. The van der Waals surface area contributed by atoms with E-state index in [2.05, 4.69) is 31.3 Å². The summed E-state index contributed by atoms with van der Waals surface area (Å²) in [5.74, 6) is -0.156. The van der Waals surface area contributed by atoms with Crippen molar-refractivity contribution in [2.24, 2.45) is 0 Å². The lowest BCUT2D eigenvalue weighted by Gasteiger charge is -2.23. The Balaban J connectivity index is 2.55. The fraction of sp³-hybridized carbons (Fsp3) is 0.294. The molecule has 0 aliphatic carbocycles. The molecule has 0 fully saturated rings. The molecule has 0 bridgehead atoms. The Kier molecular flexibility index (Phi) is 4.33. The van der Waals surface area contributed by atoms with Crippen LogP contribution in [0.1, 0.15) is 35.2 Å². The van der Waals surface area contributed by atoms with Crippen molar-refractivity contribution < 1.29 is 4.39 Å². The third kappa shape index (κ3) is 2.85. The summed E-state index contributed by atoms with van der Waals surface area (Å²) in [7, 11) is 0. The molecule has 0 radical (unpaired) electrons. The van der Waals surface area contributed by atoms with Crippen LogP contribution in [0.4, 0.5) is 4.39 Å². The van der Waals surface area contributed by atoms with Crippen molar-refractivity contribution in [3.8, 4) is 0 Å². The molecule has 0 aliphatic heterocycles. The summed E-state index contributed by atoms with van der Waals surface area (Å²) in [5.41, 5.74) is 4.26. The molecule has 0 aromatic heterocycles. The largest absolute Gasteiger partial charge is 0.306 e. The molecule has 0 aliphatic rings. The van der Waals surface area contributed by atoms with Gasteiger partial charge in [-0.2, -0.15) is 0 Å². The minimum Gasteiger partial charge on any atom is -0.306 e. The molecule has 0 heterocycles. The van der Waals surface area contributed by atoms with E-state index in [4.69, 9.17) is 0 Å². The van der Waals surface area contributed by atoms with Gasteiger partial charge in [0.05, 0.1) is 6.04 Å². The number of hydrogen-bond acceptors (Lipinski definition) is 1. The van der Waals surface area contributed by atoms with Gasteiger partial charge in [0.15, 0.2) is 0 Å². The molecule has 0 saturated carbocycles. The van der Waals surface area contributed by atoms with E-state index in [-0.39, 0.29) is 11.9 Å². The van der Waals surface area contributed by atoms with Crippen LogP contribution in [0.2, 0.25) is 0 Å². The monoisotopic (exact) mass is 257 g/mol. The number of halogens is 1. The van der Waals surface area contributed by atoms with Crippen molar-refractivity contribution in [1.29, 1.82) is 0 Å². The standard InChI is InChI=1S/C17H20FN/c1-4-19-17(14-10-5-6-11-15(14)18)16-12(2)8-7-9-13(16)3/h5-11,17,19H,4H2,1-3H3. The average Bonchev–Trinajstić information content (AvgIpc) is 2.38. The summed E-state index contributed by atoms with van der Waals surface area (Å²) in [6, 6.07) is 13.1. The molecular formula is C17H20FN. The van der Waals surface area contributed by atoms with Gasteiger partial charge in [0.25, 0.3) is 0 Å². The number of nitrogens with one attached hydrogen (secondary N) is 1. The first kappa shape index (κ1) is 13.8. The van der Waals surface area contributed by atoms with Crippen LogP contribution in [0.25, 0.3) is 0 Å². The lowest BCUT2D eigenvalue weighted by molar-refractivity contribution is 0.556. The number of hydrogen-bond donors (Lipinski definition) is 1. The SMILES string of the molecule is CCNC(c1ccccc1F)c1c(C)cccc1C. The van der Waals surface area contributed by atoms with E-state index < -0.39 is 0 Å². The van der Waals surface area contributed by atoms with Crippen molar-refractivity contribution >= 4 is 0 Å². The van der Waals surface area contributed by atoms with Gasteiger partial charge < -0.3 is 5.32 Å². The molecule has 2 aromatic carbocycles. The summed E-state index contributed by atoms with van der Waals surface area (Å²) in [6.45, 7) is 7.00. The predicted octanol–water partition coefficient (Wildman–Crippen LogP) is 4.14. The molecule has 100 valence electrons. The summed E-state index contributed by atoms with van der Waals surface area (Å²) >= 11 is 0. The predicted molar refractivity (Wildman–Crippen MR) is 77.8 cm³/mol. The Morgan fingerprint density at radius 2 is 1.63 bits per heavy atom. The third-order valence-electron chi connectivity index (χ3n) is 3.46. The van der Waals surface area contributed by atoms with Gasteiger partial charge in [0.1, 0.15) is 5.82 Å². The Hall–Kier alpha value is -1.67. The van der Waals surface area contributed by atoms with Gasteiger partial charge in [-0.25, -0.2) is 4.39 Å². The van der Waals surface area contributed by atoms with Crippen LogP contribution in [0, 0.1) is 19.7 Å². The van der Waals surface area contributed by atoms with Gasteiger partial charge in [-0.15, -0.1) is 0 Å². The smallest absolute Gasteiger partial charge is 0.128 e. The second-order valence-electron chi connectivity index (χ2n) is 4.82. The molecular weight excluding hydrogens is 237 g/mol. The van der Waals surface area contributed by atoms with Crippen molar-refractivity contribution in [3.63, 3.8) is 0 Å². The van der Waals surface area contributed by atoms with Gasteiger partial charge in [-0.1, -0.05) is 43.3 Å². The molecule has 2 rings (SSSR count). The van der Waals surface area contributed by atoms with Gasteiger partial charge in [0.2, 0.25) is 0 Å². The summed E-state index contributed by atoms with van der Waals surface area (Å²) < 4.78 is 14.1. The first-order valence-electron chi connectivity index (χ1n) is 6.69. The maximum Gasteiger partial charge on any atom is 0.128 e. The Morgan fingerprint density at radius 1 is 1.00 bits per heavy atom. The normalized spacial score (nSPS) is 12.4. The van der Waals surface area contributed by atoms with Gasteiger partial charge in [0, 0.05) is 5.56 Å². The van der Waals surface area contributed by atoms with Gasteiger partial charge in [-0.05, 0) is 43.1 Å². The second-order valence-corrected chi connectivity index (χ2v) is 4.82. The summed E-state index contributed by atoms with van der Waals surface area (Å²) in [6.07, 6.45) is 0. The topological polar surface area (TPSA) is 12.0 Å². The minimum atomic E-state index is -0.156. The second kappa shape index (κ2) is 5.98. The highest BCUT2D eigenvalue weighted by molar-refractivity contribution is 5.42. The van der Waals surface area contributed by atoms with Crippen LogP contribution in [-0.4, -0.2) is 6.54 Å². The van der Waals surface area contributed by atoms with Crippen LogP contribution >= 0.6 is 0 Å². The number of rotatable bonds is 4. The number of benzene rings is 2. The van der Waals surface area contributed by atoms with Crippen molar-refractivity contribution in [3.05, 3.63) is 70.5 Å². The van der Waals surface area contributed by atoms with Gasteiger partial charge in [-0.3, -0.25) is 0 Å². The maximum atomic E-state index is 14.1. The molecule has 1 unspecified atom stereocenters. The minimum absolute atomic E-state index is 0.0904. The van der Waals surface area contributed by atoms with E-state index in [0.717, 1.165) is 6.54 Å². The number of aryl methyl sites for hydroxylation is 2. The van der Waals surface area contributed by atoms with E-state index in [0.29, 0.717) is 5.56 Å². The van der Waals surface area contributed by atoms with E-state index in [1.807, 2.05) is 25.1 Å². The molecule has 2 aromatic rings. The van der Waals surface area contributed by atoms with E-state index in [1.54, 1.807) is 6.07 Å². The fourth-order valence-electron chi connectivity index (χ4n) is 2.56. The van der Waals surface area contributed by atoms with Crippen molar-refractivity contribution in [2.75, 3.05) is 6.54 Å².